The summed E-state index contributed by atoms with van der Waals surface area (Å²) in [6.45, 7) is 5.49. The standard InChI is InChI=1S/C26H28FN3O3S/c1-20-8-13-24(34(32,33)28-23-11-9-22(27)10-12-23)18-25(20)26(31)30-15-5-14-29(16-17-30)19-21-6-3-2-4-7-21/h2-4,6-13,18,28H,5,14-17,19H2,1H3. The molecular weight excluding hydrogens is 453 g/mol. The average Bonchev–Trinajstić information content (AvgIpc) is 3.06. The predicted molar refractivity (Wildman–Crippen MR) is 131 cm³/mol. The summed E-state index contributed by atoms with van der Waals surface area (Å²) >= 11 is 0. The number of nitrogens with one attached hydrogen (secondary N) is 1. The van der Waals surface area contributed by atoms with E-state index in [0.29, 0.717) is 18.7 Å². The third-order valence-corrected chi connectivity index (χ3v) is 7.35. The quantitative estimate of drug-likeness (QED) is 0.571. The number of amides is 1. The van der Waals surface area contributed by atoms with Crippen molar-refractivity contribution in [1.82, 2.24) is 9.80 Å². The average molecular weight is 482 g/mol. The molecule has 0 radical (unpaired) electrons. The molecule has 34 heavy (non-hydrogen) atoms. The molecule has 4 rings (SSSR count). The Bertz CT molecular complexity index is 1250. The first-order valence-electron chi connectivity index (χ1n) is 11.3. The molecule has 1 fully saturated rings. The van der Waals surface area contributed by atoms with Crippen LogP contribution in [0, 0.1) is 12.7 Å². The van der Waals surface area contributed by atoms with E-state index in [4.69, 9.17) is 0 Å². The molecule has 0 atom stereocenters. The van der Waals surface area contributed by atoms with Gasteiger partial charge in [0.15, 0.2) is 0 Å². The summed E-state index contributed by atoms with van der Waals surface area (Å²) in [5, 5.41) is 0. The van der Waals surface area contributed by atoms with Crippen molar-refractivity contribution in [1.29, 1.82) is 0 Å². The molecule has 1 saturated heterocycles. The van der Waals surface area contributed by atoms with Gasteiger partial charge in [0.1, 0.15) is 5.82 Å². The van der Waals surface area contributed by atoms with Crippen LogP contribution in [0.2, 0.25) is 0 Å². The first-order chi connectivity index (χ1) is 16.3. The van der Waals surface area contributed by atoms with Crippen molar-refractivity contribution in [2.75, 3.05) is 30.9 Å². The van der Waals surface area contributed by atoms with E-state index in [1.165, 1.54) is 42.0 Å². The molecule has 178 valence electrons. The van der Waals surface area contributed by atoms with Crippen LogP contribution in [0.25, 0.3) is 0 Å². The predicted octanol–water partition coefficient (Wildman–Crippen LogP) is 4.28. The lowest BCUT2D eigenvalue weighted by molar-refractivity contribution is 0.0760. The molecule has 8 heteroatoms. The molecule has 0 aromatic heterocycles. The van der Waals surface area contributed by atoms with Gasteiger partial charge in [-0.15, -0.1) is 0 Å². The molecule has 0 aliphatic carbocycles. The number of sulfonamides is 1. The lowest BCUT2D eigenvalue weighted by atomic mass is 10.1. The number of anilines is 1. The van der Waals surface area contributed by atoms with Gasteiger partial charge in [0.2, 0.25) is 0 Å². The summed E-state index contributed by atoms with van der Waals surface area (Å²) in [6.07, 6.45) is 0.849. The maximum absolute atomic E-state index is 13.4. The third kappa shape index (κ3) is 5.81. The minimum Gasteiger partial charge on any atom is -0.337 e. The number of carbonyl (C=O) groups excluding carboxylic acids is 1. The number of hydrogen-bond donors (Lipinski definition) is 1. The van der Waals surface area contributed by atoms with E-state index >= 15 is 0 Å². The fourth-order valence-corrected chi connectivity index (χ4v) is 5.16. The lowest BCUT2D eigenvalue weighted by Gasteiger charge is -2.23. The van der Waals surface area contributed by atoms with Crippen molar-refractivity contribution >= 4 is 21.6 Å². The number of carbonyl (C=O) groups is 1. The highest BCUT2D eigenvalue weighted by Crippen LogP contribution is 2.21. The van der Waals surface area contributed by atoms with Crippen LogP contribution in [-0.4, -0.2) is 50.3 Å². The number of aryl methyl sites for hydroxylation is 1. The second-order valence-electron chi connectivity index (χ2n) is 8.50. The van der Waals surface area contributed by atoms with E-state index in [0.717, 1.165) is 31.6 Å². The first kappa shape index (κ1) is 23.9. The van der Waals surface area contributed by atoms with Crippen LogP contribution in [0.15, 0.2) is 77.7 Å². The number of hydrogen-bond acceptors (Lipinski definition) is 4. The molecule has 1 amide bonds. The molecule has 6 nitrogen and oxygen atoms in total. The van der Waals surface area contributed by atoms with Gasteiger partial charge in [0.05, 0.1) is 4.90 Å². The van der Waals surface area contributed by atoms with Gasteiger partial charge in [-0.1, -0.05) is 36.4 Å². The van der Waals surface area contributed by atoms with Crippen LogP contribution in [0.5, 0.6) is 0 Å². The second kappa shape index (κ2) is 10.4. The summed E-state index contributed by atoms with van der Waals surface area (Å²) in [7, 11) is -3.93. The Balaban J connectivity index is 1.47. The van der Waals surface area contributed by atoms with Crippen LogP contribution in [-0.2, 0) is 16.6 Å². The van der Waals surface area contributed by atoms with Crippen molar-refractivity contribution in [3.8, 4) is 0 Å². The smallest absolute Gasteiger partial charge is 0.261 e. The van der Waals surface area contributed by atoms with Gasteiger partial charge in [-0.2, -0.15) is 0 Å². The Morgan fingerprint density at radius 2 is 1.68 bits per heavy atom. The second-order valence-corrected chi connectivity index (χ2v) is 10.2. The van der Waals surface area contributed by atoms with E-state index in [1.54, 1.807) is 17.9 Å². The van der Waals surface area contributed by atoms with E-state index < -0.39 is 15.8 Å². The zero-order chi connectivity index (χ0) is 24.1. The number of benzene rings is 3. The van der Waals surface area contributed by atoms with Crippen molar-refractivity contribution in [2.45, 2.75) is 24.8 Å². The SMILES string of the molecule is Cc1ccc(S(=O)(=O)Nc2ccc(F)cc2)cc1C(=O)N1CCCN(Cc2ccccc2)CC1. The minimum absolute atomic E-state index is 0.00805. The van der Waals surface area contributed by atoms with Gasteiger partial charge < -0.3 is 4.90 Å². The maximum Gasteiger partial charge on any atom is 0.261 e. The molecule has 0 saturated carbocycles. The molecule has 3 aromatic carbocycles. The van der Waals surface area contributed by atoms with E-state index in [1.807, 2.05) is 18.2 Å². The Kier molecular flexibility index (Phi) is 7.29. The normalized spacial score (nSPS) is 15.1. The summed E-state index contributed by atoms with van der Waals surface area (Å²) in [5.74, 6) is -0.621. The van der Waals surface area contributed by atoms with Crippen molar-refractivity contribution in [3.63, 3.8) is 0 Å². The number of nitrogens with zero attached hydrogens (tertiary/aromatic N) is 2. The van der Waals surface area contributed by atoms with E-state index in [-0.39, 0.29) is 16.5 Å². The Morgan fingerprint density at radius 3 is 2.41 bits per heavy atom. The summed E-state index contributed by atoms with van der Waals surface area (Å²) < 4.78 is 41.4. The van der Waals surface area contributed by atoms with Crippen LogP contribution >= 0.6 is 0 Å². The highest BCUT2D eigenvalue weighted by atomic mass is 32.2. The van der Waals surface area contributed by atoms with Gasteiger partial charge in [0.25, 0.3) is 15.9 Å². The van der Waals surface area contributed by atoms with Crippen molar-refractivity contribution < 1.29 is 17.6 Å². The zero-order valence-electron chi connectivity index (χ0n) is 19.1. The fraction of sp³-hybridized carbons (Fsp3) is 0.269. The molecule has 3 aromatic rings. The van der Waals surface area contributed by atoms with E-state index in [2.05, 4.69) is 21.8 Å². The topological polar surface area (TPSA) is 69.7 Å². The monoisotopic (exact) mass is 481 g/mol. The van der Waals surface area contributed by atoms with Crippen LogP contribution in [0.1, 0.15) is 27.9 Å². The highest BCUT2D eigenvalue weighted by Gasteiger charge is 2.24. The lowest BCUT2D eigenvalue weighted by Crippen LogP contribution is -2.35. The van der Waals surface area contributed by atoms with Crippen LogP contribution < -0.4 is 4.72 Å². The minimum atomic E-state index is -3.93. The Hall–Kier alpha value is -3.23. The molecule has 1 aliphatic rings. The van der Waals surface area contributed by atoms with Gasteiger partial charge in [-0.05, 0) is 60.9 Å². The Labute approximate surface area is 200 Å². The van der Waals surface area contributed by atoms with Crippen molar-refractivity contribution in [3.05, 3.63) is 95.3 Å². The molecule has 1 heterocycles. The van der Waals surface area contributed by atoms with Crippen LogP contribution in [0.3, 0.4) is 0 Å². The molecule has 0 spiro atoms. The first-order valence-corrected chi connectivity index (χ1v) is 12.7. The van der Waals surface area contributed by atoms with Crippen molar-refractivity contribution in [2.24, 2.45) is 0 Å². The van der Waals surface area contributed by atoms with E-state index in [9.17, 15) is 17.6 Å². The number of rotatable bonds is 6. The molecular formula is C26H28FN3O3S. The summed E-state index contributed by atoms with van der Waals surface area (Å²) in [5.41, 5.74) is 2.58. The Morgan fingerprint density at radius 1 is 0.941 bits per heavy atom. The highest BCUT2D eigenvalue weighted by molar-refractivity contribution is 7.92. The van der Waals surface area contributed by atoms with Gasteiger partial charge in [0, 0.05) is 44.0 Å². The van der Waals surface area contributed by atoms with Crippen LogP contribution in [0.4, 0.5) is 10.1 Å². The maximum atomic E-state index is 13.4. The third-order valence-electron chi connectivity index (χ3n) is 5.97. The van der Waals surface area contributed by atoms with Gasteiger partial charge >= 0.3 is 0 Å². The molecule has 1 N–H and O–H groups in total. The summed E-state index contributed by atoms with van der Waals surface area (Å²) in [4.78, 5) is 17.5. The van der Waals surface area contributed by atoms with Gasteiger partial charge in [-0.3, -0.25) is 14.4 Å². The molecule has 1 aliphatic heterocycles. The van der Waals surface area contributed by atoms with Gasteiger partial charge in [-0.25, -0.2) is 12.8 Å². The largest absolute Gasteiger partial charge is 0.337 e. The fourth-order valence-electron chi connectivity index (χ4n) is 4.07. The summed E-state index contributed by atoms with van der Waals surface area (Å²) in [6, 6.07) is 19.9. The molecule has 0 bridgehead atoms. The molecule has 0 unspecified atom stereocenters. The zero-order valence-corrected chi connectivity index (χ0v) is 19.9. The number of halogens is 1.